The Kier molecular flexibility index (Phi) is 5.38. The minimum Gasteiger partial charge on any atom is -0.508 e. The molecule has 0 saturated heterocycles. The molecule has 0 aromatic heterocycles. The highest BCUT2D eigenvalue weighted by Gasteiger charge is 2.16. The number of hydrogen-bond acceptors (Lipinski definition) is 6. The number of anilines is 2. The summed E-state index contributed by atoms with van der Waals surface area (Å²) in [5.41, 5.74) is 11.7. The van der Waals surface area contributed by atoms with Crippen molar-refractivity contribution in [1.82, 2.24) is 9.55 Å². The molecule has 0 radical (unpaired) electrons. The molecule has 1 aliphatic carbocycles. The second-order valence-corrected chi connectivity index (χ2v) is 7.65. The van der Waals surface area contributed by atoms with Crippen molar-refractivity contribution >= 4 is 22.4 Å². The van der Waals surface area contributed by atoms with Crippen molar-refractivity contribution in [3.8, 4) is 28.6 Å². The van der Waals surface area contributed by atoms with Crippen LogP contribution in [0.3, 0.4) is 0 Å². The van der Waals surface area contributed by atoms with Crippen LogP contribution in [0.2, 0.25) is 0 Å². The Morgan fingerprint density at radius 2 is 1.58 bits per heavy atom. The van der Waals surface area contributed by atoms with Crippen molar-refractivity contribution in [1.29, 1.82) is 0 Å². The van der Waals surface area contributed by atoms with Gasteiger partial charge in [-0.2, -0.15) is 0 Å². The standard InChI is InChI=1S/C26H23N5O2/c27-13-14-28-22-16-26-24(15-23(22)29-17-5-9-19(32)10-6-17)30-21-3-1-2-4-25(21)31(26)18-7-11-20(33)12-8-18/h1-12,15-16,29,32-33H,13-14,27H2. The molecule has 2 aliphatic rings. The lowest BCUT2D eigenvalue weighted by atomic mass is 10.1. The van der Waals surface area contributed by atoms with Crippen LogP contribution in [0.25, 0.3) is 28.1 Å². The lowest BCUT2D eigenvalue weighted by Gasteiger charge is -2.20. The van der Waals surface area contributed by atoms with Crippen LogP contribution in [0, 0.1) is 0 Å². The number of hydrogen-bond donors (Lipinski definition) is 4. The molecule has 3 aromatic rings. The first-order valence-corrected chi connectivity index (χ1v) is 10.6. The van der Waals surface area contributed by atoms with Gasteiger partial charge in [-0.15, -0.1) is 0 Å². The van der Waals surface area contributed by atoms with Crippen molar-refractivity contribution < 1.29 is 10.2 Å². The topological polar surface area (TPSA) is 109 Å². The summed E-state index contributed by atoms with van der Waals surface area (Å²) in [6.45, 7) is 0.917. The largest absolute Gasteiger partial charge is 0.508 e. The highest BCUT2D eigenvalue weighted by Crippen LogP contribution is 2.31. The molecule has 3 aromatic carbocycles. The zero-order valence-corrected chi connectivity index (χ0v) is 17.8. The number of phenolic OH excluding ortho intramolecular Hbond substituents is 2. The fourth-order valence-corrected chi connectivity index (χ4v) is 3.84. The van der Waals surface area contributed by atoms with Gasteiger partial charge in [0.1, 0.15) is 11.5 Å². The van der Waals surface area contributed by atoms with Crippen LogP contribution >= 0.6 is 0 Å². The number of aromatic nitrogens is 2. The lowest BCUT2D eigenvalue weighted by Crippen LogP contribution is -2.16. The maximum Gasteiger partial charge on any atom is 0.115 e. The average molecular weight is 438 g/mol. The minimum atomic E-state index is 0.204. The molecule has 0 atom stereocenters. The Balaban J connectivity index is 1.78. The second kappa shape index (κ2) is 8.64. The summed E-state index contributed by atoms with van der Waals surface area (Å²) in [6.07, 6.45) is 0. The summed E-state index contributed by atoms with van der Waals surface area (Å²) < 4.78 is 2.11. The highest BCUT2D eigenvalue weighted by molar-refractivity contribution is 5.84. The van der Waals surface area contributed by atoms with Crippen molar-refractivity contribution in [2.75, 3.05) is 18.4 Å². The first-order chi connectivity index (χ1) is 16.1. The smallest absolute Gasteiger partial charge is 0.115 e. The molecule has 7 nitrogen and oxygen atoms in total. The molecule has 5 N–H and O–H groups in total. The number of fused-ring (bicyclic) bond motifs is 2. The number of para-hydroxylation sites is 2. The van der Waals surface area contributed by atoms with E-state index in [9.17, 15) is 10.2 Å². The molecular weight excluding hydrogens is 414 g/mol. The zero-order chi connectivity index (χ0) is 22.8. The van der Waals surface area contributed by atoms with E-state index in [1.807, 2.05) is 48.5 Å². The van der Waals surface area contributed by atoms with E-state index in [2.05, 4.69) is 9.88 Å². The molecule has 0 saturated carbocycles. The van der Waals surface area contributed by atoms with Crippen LogP contribution in [-0.2, 0) is 0 Å². The van der Waals surface area contributed by atoms with Gasteiger partial charge in [-0.05, 0) is 72.8 Å². The van der Waals surface area contributed by atoms with Crippen LogP contribution in [0.15, 0.2) is 89.9 Å². The van der Waals surface area contributed by atoms with Gasteiger partial charge in [0.2, 0.25) is 0 Å². The molecule has 0 unspecified atom stereocenters. The van der Waals surface area contributed by atoms with Crippen LogP contribution in [0.1, 0.15) is 0 Å². The van der Waals surface area contributed by atoms with E-state index in [4.69, 9.17) is 15.7 Å². The molecule has 0 bridgehead atoms. The number of nitrogens with zero attached hydrogens (tertiary/aromatic N) is 3. The average Bonchev–Trinajstić information content (AvgIpc) is 2.83. The summed E-state index contributed by atoms with van der Waals surface area (Å²) in [7, 11) is 0. The summed E-state index contributed by atoms with van der Waals surface area (Å²) >= 11 is 0. The van der Waals surface area contributed by atoms with Crippen LogP contribution in [0.4, 0.5) is 11.4 Å². The summed E-state index contributed by atoms with van der Waals surface area (Å²) in [5, 5.41) is 23.5. The Labute approximate surface area is 190 Å². The van der Waals surface area contributed by atoms with Gasteiger partial charge in [-0.3, -0.25) is 4.99 Å². The van der Waals surface area contributed by atoms with E-state index in [1.54, 1.807) is 36.4 Å². The van der Waals surface area contributed by atoms with Crippen molar-refractivity contribution in [3.05, 3.63) is 90.3 Å². The number of aromatic hydroxyl groups is 2. The highest BCUT2D eigenvalue weighted by atomic mass is 16.3. The van der Waals surface area contributed by atoms with Crippen molar-refractivity contribution in [3.63, 3.8) is 0 Å². The number of rotatable bonds is 5. The second-order valence-electron chi connectivity index (χ2n) is 7.65. The third kappa shape index (κ3) is 4.09. The van der Waals surface area contributed by atoms with Gasteiger partial charge in [-0.1, -0.05) is 12.1 Å². The molecule has 1 aliphatic heterocycles. The maximum absolute atomic E-state index is 9.79. The predicted molar refractivity (Wildman–Crippen MR) is 130 cm³/mol. The molecule has 0 amide bonds. The van der Waals surface area contributed by atoms with Gasteiger partial charge in [0, 0.05) is 17.9 Å². The zero-order valence-electron chi connectivity index (χ0n) is 17.8. The predicted octanol–water partition coefficient (Wildman–Crippen LogP) is 4.14. The van der Waals surface area contributed by atoms with E-state index in [1.165, 1.54) is 0 Å². The SMILES string of the molecule is NCCN=c1cc2n(-c3ccc(O)cc3)c3ccccc3nc-2cc1Nc1ccc(O)cc1. The third-order valence-corrected chi connectivity index (χ3v) is 5.36. The van der Waals surface area contributed by atoms with Crippen LogP contribution in [0.5, 0.6) is 11.5 Å². The number of benzene rings is 4. The van der Waals surface area contributed by atoms with Crippen LogP contribution < -0.4 is 16.4 Å². The molecule has 7 heteroatoms. The molecule has 0 spiro atoms. The molecule has 33 heavy (non-hydrogen) atoms. The molecule has 0 fully saturated rings. The van der Waals surface area contributed by atoms with E-state index in [0.29, 0.717) is 13.1 Å². The summed E-state index contributed by atoms with van der Waals surface area (Å²) in [6, 6.07) is 25.9. The third-order valence-electron chi connectivity index (χ3n) is 5.36. The fourth-order valence-electron chi connectivity index (χ4n) is 3.84. The summed E-state index contributed by atoms with van der Waals surface area (Å²) in [4.78, 5) is 9.60. The summed E-state index contributed by atoms with van der Waals surface area (Å²) in [5.74, 6) is 0.413. The Morgan fingerprint density at radius 1 is 0.879 bits per heavy atom. The van der Waals surface area contributed by atoms with E-state index in [-0.39, 0.29) is 11.5 Å². The molecule has 164 valence electrons. The Bertz CT molecular complexity index is 1460. The Hall–Kier alpha value is -4.36. The van der Waals surface area contributed by atoms with E-state index in [0.717, 1.165) is 44.8 Å². The van der Waals surface area contributed by atoms with E-state index < -0.39 is 0 Å². The molecule has 1 heterocycles. The van der Waals surface area contributed by atoms with Gasteiger partial charge in [0.25, 0.3) is 0 Å². The van der Waals surface area contributed by atoms with Gasteiger partial charge in [0.15, 0.2) is 0 Å². The molecular formula is C26H23N5O2. The van der Waals surface area contributed by atoms with Gasteiger partial charge < -0.3 is 25.8 Å². The van der Waals surface area contributed by atoms with E-state index >= 15 is 0 Å². The quantitative estimate of drug-likeness (QED) is 0.244. The molecule has 5 rings (SSSR count). The first kappa shape index (κ1) is 20.5. The van der Waals surface area contributed by atoms with Gasteiger partial charge in [-0.25, -0.2) is 4.98 Å². The Morgan fingerprint density at radius 3 is 2.30 bits per heavy atom. The number of phenols is 2. The number of nitrogens with one attached hydrogen (secondary N) is 1. The van der Waals surface area contributed by atoms with Gasteiger partial charge in [0.05, 0.1) is 40.0 Å². The lowest BCUT2D eigenvalue weighted by molar-refractivity contribution is 0.475. The van der Waals surface area contributed by atoms with Crippen molar-refractivity contribution in [2.45, 2.75) is 0 Å². The van der Waals surface area contributed by atoms with Crippen molar-refractivity contribution in [2.24, 2.45) is 10.7 Å². The maximum atomic E-state index is 9.79. The monoisotopic (exact) mass is 437 g/mol. The number of nitrogens with two attached hydrogens (primary N) is 1. The van der Waals surface area contributed by atoms with Crippen LogP contribution in [-0.4, -0.2) is 32.9 Å². The van der Waals surface area contributed by atoms with Gasteiger partial charge >= 0.3 is 0 Å². The fraction of sp³-hybridized carbons (Fsp3) is 0.0769. The first-order valence-electron chi connectivity index (χ1n) is 10.6. The normalized spacial score (nSPS) is 11.8. The minimum absolute atomic E-state index is 0.204.